The van der Waals surface area contributed by atoms with E-state index < -0.39 is 0 Å². The summed E-state index contributed by atoms with van der Waals surface area (Å²) in [7, 11) is 0. The lowest BCUT2D eigenvalue weighted by Crippen LogP contribution is -2.03. The molecule has 2 aromatic carbocycles. The molecule has 0 bridgehead atoms. The lowest BCUT2D eigenvalue weighted by molar-refractivity contribution is -0.345. The van der Waals surface area contributed by atoms with Crippen molar-refractivity contribution in [3.63, 3.8) is 0 Å². The average molecular weight is 831 g/mol. The second kappa shape index (κ2) is 35.5. The molecule has 2 nitrogen and oxygen atoms in total. The van der Waals surface area contributed by atoms with E-state index in [0.29, 0.717) is 0 Å². The van der Waals surface area contributed by atoms with Crippen LogP contribution in [0.5, 0.6) is 0 Å². The van der Waals surface area contributed by atoms with Crippen LogP contribution in [0.3, 0.4) is 0 Å². The Bertz CT molecular complexity index is 1540. The first kappa shape index (κ1) is 52.4. The van der Waals surface area contributed by atoms with E-state index in [1.165, 1.54) is 228 Å². The monoisotopic (exact) mass is 831 g/mol. The molecule has 2 aromatic rings. The van der Waals surface area contributed by atoms with E-state index >= 15 is 0 Å². The van der Waals surface area contributed by atoms with Crippen molar-refractivity contribution in [2.45, 2.75) is 265 Å². The summed E-state index contributed by atoms with van der Waals surface area (Å²) in [5.74, 6) is 7.12. The van der Waals surface area contributed by atoms with Gasteiger partial charge in [0.2, 0.25) is 11.4 Å². The Morgan fingerprint density at radius 1 is 0.410 bits per heavy atom. The van der Waals surface area contributed by atoms with Gasteiger partial charge < -0.3 is 5.53 Å². The molecule has 0 atom stereocenters. The Labute approximate surface area is 379 Å². The fourth-order valence-electron chi connectivity index (χ4n) is 9.30. The van der Waals surface area contributed by atoms with Crippen molar-refractivity contribution in [1.29, 1.82) is 0 Å². The van der Waals surface area contributed by atoms with Crippen LogP contribution in [0, 0.1) is 11.8 Å². The molecule has 1 heterocycles. The van der Waals surface area contributed by atoms with Gasteiger partial charge in [0.1, 0.15) is 5.57 Å². The smallest absolute Gasteiger partial charge is 0.223 e. The maximum absolute atomic E-state index is 11.9. The van der Waals surface area contributed by atoms with Crippen molar-refractivity contribution in [3.05, 3.63) is 87.5 Å². The van der Waals surface area contributed by atoms with Crippen molar-refractivity contribution < 1.29 is 4.70 Å². The van der Waals surface area contributed by atoms with Gasteiger partial charge in [0.25, 0.3) is 0 Å². The standard InChI is InChI=1S/C59H94N2/c1-5-8-11-13-15-17-19-20-21-22-23-24-25-26-27-28-29-30-31-32-34-36-38-40-46-57-52(4)58(61(60)59(57)55-49-47-53(48-50-55)42-10-7-3)56-45-41-44-54(51-56)43-39-37-35-33-18-16-14-12-9-6-2/h41,44-45,47-51H,5-39,42-43H2,1-4H3. The van der Waals surface area contributed by atoms with Gasteiger partial charge in [-0.05, 0) is 74.4 Å². The SMILES string of the molecule is CCCCCCCCCCCCCCCCCCCCCCCCC#CC1=C(c2ccc(CCCC)cc2)[N+](=[N-])C(c2cccc(CCCCCCCCCCCC)c2)=C1C. The minimum atomic E-state index is 0.830. The number of hydrogen-bond donors (Lipinski definition) is 0. The van der Waals surface area contributed by atoms with Crippen LogP contribution in [0.25, 0.3) is 16.9 Å². The molecule has 0 fully saturated rings. The maximum atomic E-state index is 11.9. The molecule has 0 unspecified atom stereocenters. The van der Waals surface area contributed by atoms with E-state index in [2.05, 4.69) is 88.1 Å². The summed E-state index contributed by atoms with van der Waals surface area (Å²) in [6.07, 6.45) is 50.1. The quantitative estimate of drug-likeness (QED) is 0.0366. The van der Waals surface area contributed by atoms with E-state index in [-0.39, 0.29) is 0 Å². The Balaban J connectivity index is 1.39. The van der Waals surface area contributed by atoms with Gasteiger partial charge in [0.15, 0.2) is 0 Å². The van der Waals surface area contributed by atoms with Crippen molar-refractivity contribution in [3.8, 4) is 11.8 Å². The molecule has 2 heteroatoms. The first-order valence-corrected chi connectivity index (χ1v) is 26.7. The molecule has 0 radical (unpaired) electrons. The van der Waals surface area contributed by atoms with Crippen molar-refractivity contribution in [2.75, 3.05) is 0 Å². The Hall–Kier alpha value is -2.92. The summed E-state index contributed by atoms with van der Waals surface area (Å²) in [6, 6.07) is 17.7. The minimum Gasteiger partial charge on any atom is -0.493 e. The fourth-order valence-corrected chi connectivity index (χ4v) is 9.30. The molecule has 0 amide bonds. The molecule has 0 saturated heterocycles. The zero-order valence-electron chi connectivity index (χ0n) is 40.7. The number of nitrogens with zero attached hydrogens (tertiary/aromatic N) is 2. The van der Waals surface area contributed by atoms with Crippen LogP contribution in [-0.4, -0.2) is 4.70 Å². The van der Waals surface area contributed by atoms with Crippen molar-refractivity contribution in [2.24, 2.45) is 0 Å². The van der Waals surface area contributed by atoms with Gasteiger partial charge in [-0.25, -0.2) is 4.70 Å². The van der Waals surface area contributed by atoms with Crippen LogP contribution < -0.4 is 0 Å². The zero-order chi connectivity index (χ0) is 43.4. The second-order valence-electron chi connectivity index (χ2n) is 18.9. The summed E-state index contributed by atoms with van der Waals surface area (Å²) < 4.78 is 1.44. The maximum Gasteiger partial charge on any atom is 0.223 e. The molecule has 0 saturated carbocycles. The van der Waals surface area contributed by atoms with Gasteiger partial charge in [-0.2, -0.15) is 0 Å². The minimum absolute atomic E-state index is 0.830. The topological polar surface area (TPSA) is 25.3 Å². The molecule has 340 valence electrons. The van der Waals surface area contributed by atoms with Crippen molar-refractivity contribution in [1.82, 2.24) is 0 Å². The number of allylic oxidation sites excluding steroid dienone is 2. The van der Waals surface area contributed by atoms with Gasteiger partial charge in [-0.15, -0.1) is 0 Å². The van der Waals surface area contributed by atoms with Crippen molar-refractivity contribution >= 4 is 11.4 Å². The normalized spacial score (nSPS) is 12.8. The van der Waals surface area contributed by atoms with Crippen LogP contribution >= 0.6 is 0 Å². The van der Waals surface area contributed by atoms with E-state index in [4.69, 9.17) is 0 Å². The second-order valence-corrected chi connectivity index (χ2v) is 18.9. The van der Waals surface area contributed by atoms with E-state index in [9.17, 15) is 5.53 Å². The van der Waals surface area contributed by atoms with Crippen LogP contribution in [0.4, 0.5) is 0 Å². The average Bonchev–Trinajstić information content (AvgIpc) is 3.52. The number of hydrogen-bond acceptors (Lipinski definition) is 0. The highest BCUT2D eigenvalue weighted by Gasteiger charge is 2.33. The highest BCUT2D eigenvalue weighted by molar-refractivity contribution is 5.85. The first-order valence-electron chi connectivity index (χ1n) is 26.7. The number of rotatable bonds is 38. The molecule has 0 aromatic heterocycles. The van der Waals surface area contributed by atoms with Gasteiger partial charge in [0, 0.05) is 23.1 Å². The van der Waals surface area contributed by atoms with E-state index in [1.807, 2.05) is 0 Å². The number of benzene rings is 2. The summed E-state index contributed by atoms with van der Waals surface area (Å²) in [5, 5.41) is 0. The molecule has 61 heavy (non-hydrogen) atoms. The fraction of sp³-hybridized carbons (Fsp3) is 0.695. The van der Waals surface area contributed by atoms with Gasteiger partial charge in [-0.3, -0.25) is 0 Å². The lowest BCUT2D eigenvalue weighted by atomic mass is 9.98. The predicted molar refractivity (Wildman–Crippen MR) is 270 cm³/mol. The van der Waals surface area contributed by atoms with Crippen LogP contribution in [0.2, 0.25) is 0 Å². The molecule has 0 aliphatic carbocycles. The third-order valence-electron chi connectivity index (χ3n) is 13.3. The highest BCUT2D eigenvalue weighted by atomic mass is 15.2. The Morgan fingerprint density at radius 3 is 1.28 bits per heavy atom. The predicted octanol–water partition coefficient (Wildman–Crippen LogP) is 19.7. The molecule has 1 aliphatic rings. The van der Waals surface area contributed by atoms with Gasteiger partial charge in [-0.1, -0.05) is 256 Å². The third-order valence-corrected chi connectivity index (χ3v) is 13.3. The summed E-state index contributed by atoms with van der Waals surface area (Å²) >= 11 is 0. The van der Waals surface area contributed by atoms with E-state index in [0.717, 1.165) is 59.4 Å². The first-order chi connectivity index (χ1) is 30.1. The summed E-state index contributed by atoms with van der Waals surface area (Å²) in [6.45, 7) is 9.00. The molecule has 0 N–H and O–H groups in total. The molecular formula is C59H94N2. The highest BCUT2D eigenvalue weighted by Crippen LogP contribution is 2.40. The van der Waals surface area contributed by atoms with E-state index in [1.54, 1.807) is 0 Å². The van der Waals surface area contributed by atoms with Gasteiger partial charge >= 0.3 is 0 Å². The molecule has 0 spiro atoms. The summed E-state index contributed by atoms with van der Waals surface area (Å²) in [4.78, 5) is 0. The largest absolute Gasteiger partial charge is 0.493 e. The molecular weight excluding hydrogens is 737 g/mol. The Kier molecular flexibility index (Phi) is 30.5. The lowest BCUT2D eigenvalue weighted by Gasteiger charge is -2.11. The number of aryl methyl sites for hydroxylation is 2. The number of unbranched alkanes of at least 4 members (excludes halogenated alkanes) is 32. The van der Waals surface area contributed by atoms with Crippen LogP contribution in [0.1, 0.15) is 275 Å². The van der Waals surface area contributed by atoms with Crippen LogP contribution in [-0.2, 0) is 12.8 Å². The van der Waals surface area contributed by atoms with Crippen LogP contribution in [0.15, 0.2) is 59.7 Å². The zero-order valence-corrected chi connectivity index (χ0v) is 40.7. The summed E-state index contributed by atoms with van der Waals surface area (Å²) in [5.41, 5.74) is 20.5. The molecule has 3 rings (SSSR count). The third kappa shape index (κ3) is 22.8. The molecule has 1 aliphatic heterocycles. The van der Waals surface area contributed by atoms with Gasteiger partial charge in [0.05, 0.1) is 0 Å². The Morgan fingerprint density at radius 2 is 0.820 bits per heavy atom.